The van der Waals surface area contributed by atoms with E-state index in [1.165, 1.54) is 172 Å². The summed E-state index contributed by atoms with van der Waals surface area (Å²) in [6.07, 6.45) is 40.7. The van der Waals surface area contributed by atoms with Crippen molar-refractivity contribution in [1.82, 2.24) is 16.0 Å². The van der Waals surface area contributed by atoms with Crippen LogP contribution < -0.4 is 16.0 Å². The highest BCUT2D eigenvalue weighted by atomic mass is 32.2. The SMILES string of the molecule is CCCCCCCCCCCCCCCC(=O)OC[C@H](CSCCC(=O)N[C@@H](NC(=O)CCCCCCCCCCCCC)C(=O)N[C@H](CCC(=O)O)C(=O)O)OC(=O)CCCCCCCCCCCCCCC. The van der Waals surface area contributed by atoms with Gasteiger partial charge < -0.3 is 35.6 Å². The van der Waals surface area contributed by atoms with E-state index in [1.807, 2.05) is 0 Å². The summed E-state index contributed by atoms with van der Waals surface area (Å²) in [7, 11) is 0. The predicted octanol–water partition coefficient (Wildman–Crippen LogP) is 14.2. The lowest BCUT2D eigenvalue weighted by Crippen LogP contribution is -2.59. The summed E-state index contributed by atoms with van der Waals surface area (Å²) in [5, 5.41) is 26.1. The van der Waals surface area contributed by atoms with Gasteiger partial charge in [-0.2, -0.15) is 11.8 Å². The van der Waals surface area contributed by atoms with Gasteiger partial charge in [0.1, 0.15) is 18.8 Å². The Bertz CT molecular complexity index is 1420. The van der Waals surface area contributed by atoms with Gasteiger partial charge in [0.15, 0.2) is 6.17 Å². The minimum absolute atomic E-state index is 0.0945. The smallest absolute Gasteiger partial charge is 0.326 e. The molecule has 74 heavy (non-hydrogen) atoms. The number of carbonyl (C=O) groups is 7. The van der Waals surface area contributed by atoms with Crippen LogP contribution >= 0.6 is 11.8 Å². The maximum Gasteiger partial charge on any atom is 0.326 e. The molecule has 0 fully saturated rings. The molecule has 0 aromatic heterocycles. The van der Waals surface area contributed by atoms with Gasteiger partial charge in [0.2, 0.25) is 11.8 Å². The highest BCUT2D eigenvalue weighted by molar-refractivity contribution is 7.99. The average molecular weight is 1070 g/mol. The number of hydrogen-bond donors (Lipinski definition) is 5. The van der Waals surface area contributed by atoms with Crippen LogP contribution in [-0.2, 0) is 43.0 Å². The van der Waals surface area contributed by atoms with E-state index >= 15 is 0 Å². The van der Waals surface area contributed by atoms with Crippen molar-refractivity contribution < 1.29 is 53.2 Å². The molecule has 15 heteroatoms. The number of aliphatic carboxylic acids is 2. The Labute approximate surface area is 454 Å². The Kier molecular flexibility index (Phi) is 50.6. The molecule has 0 radical (unpaired) electrons. The molecule has 0 saturated heterocycles. The minimum Gasteiger partial charge on any atom is -0.481 e. The van der Waals surface area contributed by atoms with Gasteiger partial charge in [0, 0.05) is 43.6 Å². The van der Waals surface area contributed by atoms with Crippen molar-refractivity contribution in [3.05, 3.63) is 0 Å². The zero-order valence-electron chi connectivity index (χ0n) is 47.2. The number of carbonyl (C=O) groups excluding carboxylic acids is 5. The summed E-state index contributed by atoms with van der Waals surface area (Å²) < 4.78 is 11.4. The number of amides is 3. The second kappa shape index (κ2) is 53.1. The monoisotopic (exact) mass is 1070 g/mol. The molecule has 432 valence electrons. The van der Waals surface area contributed by atoms with Gasteiger partial charge >= 0.3 is 23.9 Å². The summed E-state index contributed by atoms with van der Waals surface area (Å²) >= 11 is 1.32. The first-order valence-electron chi connectivity index (χ1n) is 30.2. The van der Waals surface area contributed by atoms with Crippen molar-refractivity contribution >= 4 is 53.4 Å². The quantitative estimate of drug-likeness (QED) is 0.0219. The van der Waals surface area contributed by atoms with Crippen LogP contribution in [0.2, 0.25) is 0 Å². The van der Waals surface area contributed by atoms with Crippen molar-refractivity contribution in [3.8, 4) is 0 Å². The summed E-state index contributed by atoms with van der Waals surface area (Å²) in [5.41, 5.74) is 0. The van der Waals surface area contributed by atoms with Gasteiger partial charge in [-0.1, -0.05) is 239 Å². The number of ether oxygens (including phenoxy) is 2. The Morgan fingerprint density at radius 3 is 1.15 bits per heavy atom. The Morgan fingerprint density at radius 2 is 0.770 bits per heavy atom. The van der Waals surface area contributed by atoms with Gasteiger partial charge in [-0.05, 0) is 25.7 Å². The summed E-state index contributed by atoms with van der Waals surface area (Å²) in [5.74, 6) is -4.93. The fourth-order valence-corrected chi connectivity index (χ4v) is 9.86. The van der Waals surface area contributed by atoms with Crippen LogP contribution in [0, 0.1) is 0 Å². The van der Waals surface area contributed by atoms with Crippen molar-refractivity contribution in [3.63, 3.8) is 0 Å². The number of rotatable bonds is 56. The third-order valence-corrected chi connectivity index (χ3v) is 14.7. The third kappa shape index (κ3) is 48.3. The molecular weight excluding hydrogens is 959 g/mol. The first kappa shape index (κ1) is 70.6. The van der Waals surface area contributed by atoms with Crippen LogP contribution in [0.3, 0.4) is 0 Å². The Morgan fingerprint density at radius 1 is 0.419 bits per heavy atom. The van der Waals surface area contributed by atoms with Gasteiger partial charge in [0.05, 0.1) is 0 Å². The van der Waals surface area contributed by atoms with Crippen molar-refractivity contribution in [2.45, 2.75) is 315 Å². The van der Waals surface area contributed by atoms with Crippen LogP contribution in [0.5, 0.6) is 0 Å². The van der Waals surface area contributed by atoms with Gasteiger partial charge in [-0.3, -0.25) is 28.8 Å². The molecular formula is C59H109N3O11S. The molecule has 0 aromatic rings. The second-order valence-electron chi connectivity index (χ2n) is 20.8. The number of unbranched alkanes of at least 4 members (excludes halogenated alkanes) is 34. The van der Waals surface area contributed by atoms with Crippen LogP contribution in [0.15, 0.2) is 0 Å². The maximum absolute atomic E-state index is 13.3. The molecule has 0 aliphatic rings. The molecule has 0 rings (SSSR count). The molecule has 0 bridgehead atoms. The van der Waals surface area contributed by atoms with E-state index in [1.54, 1.807) is 0 Å². The van der Waals surface area contributed by atoms with Crippen LogP contribution in [0.1, 0.15) is 297 Å². The van der Waals surface area contributed by atoms with Crippen molar-refractivity contribution in [1.29, 1.82) is 0 Å². The Balaban J connectivity index is 5.22. The summed E-state index contributed by atoms with van der Waals surface area (Å²) in [4.78, 5) is 88.4. The molecule has 0 aliphatic carbocycles. The molecule has 0 unspecified atom stereocenters. The fraction of sp³-hybridized carbons (Fsp3) is 0.881. The highest BCUT2D eigenvalue weighted by Crippen LogP contribution is 2.17. The van der Waals surface area contributed by atoms with Crippen molar-refractivity contribution in [2.24, 2.45) is 0 Å². The number of hydrogen-bond acceptors (Lipinski definition) is 10. The van der Waals surface area contributed by atoms with E-state index in [0.717, 1.165) is 64.2 Å². The van der Waals surface area contributed by atoms with E-state index in [2.05, 4.69) is 36.7 Å². The van der Waals surface area contributed by atoms with E-state index in [0.29, 0.717) is 19.3 Å². The fourth-order valence-electron chi connectivity index (χ4n) is 8.94. The number of carboxylic acids is 2. The molecule has 0 aliphatic heterocycles. The standard InChI is InChI=1S/C59H109N3O11S/c1-4-7-10-13-16-19-22-24-27-30-33-36-39-42-55(67)72-48-50(73-56(68)43-40-37-34-31-28-25-23-20-17-14-11-8-5-2)49-74-47-46-53(64)62-57(58(69)60-51(59(70)71)44-45-54(65)66)61-52(63)41-38-35-32-29-26-21-18-15-12-9-6-3/h50-51,57H,4-49H2,1-3H3,(H,60,69)(H,61,63)(H,62,64)(H,65,66)(H,70,71)/t50-,51-,57-/m1/s1. The average Bonchev–Trinajstić information content (AvgIpc) is 3.37. The lowest BCUT2D eigenvalue weighted by Gasteiger charge is -2.22. The summed E-state index contributed by atoms with van der Waals surface area (Å²) in [6, 6.07) is -1.55. The largest absolute Gasteiger partial charge is 0.481 e. The van der Waals surface area contributed by atoms with Crippen LogP contribution in [-0.4, -0.2) is 88.2 Å². The van der Waals surface area contributed by atoms with Gasteiger partial charge in [0.25, 0.3) is 5.91 Å². The molecule has 0 saturated carbocycles. The Hall–Kier alpha value is -3.36. The number of esters is 2. The lowest BCUT2D eigenvalue weighted by molar-refractivity contribution is -0.157. The number of carboxylic acid groups (broad SMARTS) is 2. The van der Waals surface area contributed by atoms with E-state index in [9.17, 15) is 38.7 Å². The van der Waals surface area contributed by atoms with E-state index < -0.39 is 54.4 Å². The molecule has 0 heterocycles. The molecule has 0 spiro atoms. The van der Waals surface area contributed by atoms with Crippen LogP contribution in [0.25, 0.3) is 0 Å². The second-order valence-corrected chi connectivity index (χ2v) is 21.9. The number of nitrogens with one attached hydrogen (secondary N) is 3. The maximum atomic E-state index is 13.3. The van der Waals surface area contributed by atoms with Crippen LogP contribution in [0.4, 0.5) is 0 Å². The van der Waals surface area contributed by atoms with E-state index in [4.69, 9.17) is 14.6 Å². The van der Waals surface area contributed by atoms with Gasteiger partial charge in [-0.15, -0.1) is 0 Å². The van der Waals surface area contributed by atoms with E-state index in [-0.39, 0.29) is 55.7 Å². The van der Waals surface area contributed by atoms with Crippen molar-refractivity contribution in [2.75, 3.05) is 18.1 Å². The number of thioether (sulfide) groups is 1. The first-order valence-corrected chi connectivity index (χ1v) is 31.3. The minimum atomic E-state index is -1.59. The van der Waals surface area contributed by atoms with Gasteiger partial charge in [-0.25, -0.2) is 4.79 Å². The molecule has 3 amide bonds. The zero-order chi connectivity index (χ0) is 54.5. The normalized spacial score (nSPS) is 12.4. The zero-order valence-corrected chi connectivity index (χ0v) is 48.1. The lowest BCUT2D eigenvalue weighted by atomic mass is 10.0. The predicted molar refractivity (Wildman–Crippen MR) is 301 cm³/mol. The molecule has 3 atom stereocenters. The summed E-state index contributed by atoms with van der Waals surface area (Å²) in [6.45, 7) is 6.59. The first-order chi connectivity index (χ1) is 35.9. The molecule has 14 nitrogen and oxygen atoms in total. The highest BCUT2D eigenvalue weighted by Gasteiger charge is 2.28. The topological polar surface area (TPSA) is 214 Å². The molecule has 0 aromatic carbocycles. The molecule has 5 N–H and O–H groups in total. The third-order valence-electron chi connectivity index (χ3n) is 13.6.